The zero-order valence-electron chi connectivity index (χ0n) is 19.9. The van der Waals surface area contributed by atoms with Crippen LogP contribution in [0.5, 0.6) is 5.75 Å². The van der Waals surface area contributed by atoms with Crippen LogP contribution in [0.2, 0.25) is 0 Å². The summed E-state index contributed by atoms with van der Waals surface area (Å²) in [5.41, 5.74) is 2.19. The summed E-state index contributed by atoms with van der Waals surface area (Å²) in [6.07, 6.45) is 1.02. The van der Waals surface area contributed by atoms with Crippen LogP contribution in [-0.2, 0) is 32.6 Å². The van der Waals surface area contributed by atoms with Gasteiger partial charge in [-0.05, 0) is 42.3 Å². The van der Waals surface area contributed by atoms with Crippen molar-refractivity contribution < 1.29 is 31.9 Å². The van der Waals surface area contributed by atoms with Crippen molar-refractivity contribution in [2.24, 2.45) is 0 Å². The Morgan fingerprint density at radius 1 is 1.00 bits per heavy atom. The van der Waals surface area contributed by atoms with Gasteiger partial charge in [-0.3, -0.25) is 19.7 Å². The Kier molecular flexibility index (Phi) is 5.68. The highest BCUT2D eigenvalue weighted by Crippen LogP contribution is 2.36. The molecule has 0 saturated carbocycles. The highest BCUT2D eigenvalue weighted by atomic mass is 32.2. The number of hydrogen-bond donors (Lipinski definition) is 1. The molecule has 2 aromatic carbocycles. The molecular formula is C25H25FN4O6S. The quantitative estimate of drug-likeness (QED) is 0.590. The van der Waals surface area contributed by atoms with E-state index in [-0.39, 0.29) is 48.8 Å². The van der Waals surface area contributed by atoms with E-state index in [0.717, 1.165) is 5.56 Å². The second-order valence-corrected chi connectivity index (χ2v) is 11.5. The van der Waals surface area contributed by atoms with Gasteiger partial charge in [0.1, 0.15) is 17.6 Å². The molecule has 0 aromatic heterocycles. The number of anilines is 1. The van der Waals surface area contributed by atoms with Gasteiger partial charge in [-0.15, -0.1) is 0 Å². The van der Waals surface area contributed by atoms with E-state index in [1.54, 1.807) is 18.2 Å². The fourth-order valence-corrected chi connectivity index (χ4v) is 7.00. The summed E-state index contributed by atoms with van der Waals surface area (Å²) in [5.74, 6) is -1.23. The smallest absolute Gasteiger partial charge is 0.255 e. The summed E-state index contributed by atoms with van der Waals surface area (Å²) >= 11 is 0. The number of benzene rings is 2. The molecule has 10 nitrogen and oxygen atoms in total. The molecule has 1 unspecified atom stereocenters. The molecule has 194 valence electrons. The number of nitrogens with one attached hydrogen (secondary N) is 1. The zero-order chi connectivity index (χ0) is 25.9. The van der Waals surface area contributed by atoms with Crippen LogP contribution in [-0.4, -0.2) is 74.2 Å². The Hall–Kier alpha value is -3.51. The van der Waals surface area contributed by atoms with Gasteiger partial charge >= 0.3 is 0 Å². The highest BCUT2D eigenvalue weighted by Gasteiger charge is 2.41. The number of piperazine rings is 1. The molecule has 2 fully saturated rings. The Balaban J connectivity index is 1.21. The number of rotatable bonds is 4. The van der Waals surface area contributed by atoms with E-state index in [9.17, 15) is 27.2 Å². The number of carbonyl (C=O) groups excluding carboxylic acids is 3. The number of nitrogens with zero attached hydrogens (tertiary/aromatic N) is 3. The summed E-state index contributed by atoms with van der Waals surface area (Å²) < 4.78 is 48.1. The Bertz CT molecular complexity index is 1440. The Labute approximate surface area is 213 Å². The maximum absolute atomic E-state index is 14.6. The van der Waals surface area contributed by atoms with Gasteiger partial charge in [0.05, 0.1) is 11.5 Å². The number of carbonyl (C=O) groups is 3. The van der Waals surface area contributed by atoms with E-state index in [4.69, 9.17) is 4.74 Å². The van der Waals surface area contributed by atoms with Crippen LogP contribution in [0.3, 0.4) is 0 Å². The standard InChI is InChI=1S/C25H25FN4O6S/c26-16-12-18-19(14-30(25(18)33)20-2-4-23(31)27-24(20)32)21(13-16)28-6-8-29(9-7-28)37(34,35)17-1-3-22-15(11-17)5-10-36-22/h1,3,11-13,20H,2,4-10,14H2,(H,27,31,32). The van der Waals surface area contributed by atoms with Crippen molar-refractivity contribution in [1.82, 2.24) is 14.5 Å². The van der Waals surface area contributed by atoms with Crippen LogP contribution in [0.4, 0.5) is 10.1 Å². The van der Waals surface area contributed by atoms with Crippen molar-refractivity contribution in [3.63, 3.8) is 0 Å². The monoisotopic (exact) mass is 528 g/mol. The molecule has 0 radical (unpaired) electrons. The molecule has 3 amide bonds. The summed E-state index contributed by atoms with van der Waals surface area (Å²) in [5, 5.41) is 2.26. The maximum atomic E-state index is 14.6. The topological polar surface area (TPSA) is 116 Å². The van der Waals surface area contributed by atoms with E-state index in [1.165, 1.54) is 21.3 Å². The normalized spacial score (nSPS) is 22.1. The first-order valence-corrected chi connectivity index (χ1v) is 13.6. The second-order valence-electron chi connectivity index (χ2n) is 9.61. The van der Waals surface area contributed by atoms with Gasteiger partial charge in [0, 0.05) is 62.4 Å². The number of halogens is 1. The van der Waals surface area contributed by atoms with Gasteiger partial charge < -0.3 is 14.5 Å². The van der Waals surface area contributed by atoms with Crippen molar-refractivity contribution in [2.75, 3.05) is 37.7 Å². The lowest BCUT2D eigenvalue weighted by Crippen LogP contribution is -2.52. The number of sulfonamides is 1. The predicted octanol–water partition coefficient (Wildman–Crippen LogP) is 1.03. The zero-order valence-corrected chi connectivity index (χ0v) is 20.7. The lowest BCUT2D eigenvalue weighted by molar-refractivity contribution is -0.136. The molecular weight excluding hydrogens is 503 g/mol. The third-order valence-corrected chi connectivity index (χ3v) is 9.37. The molecule has 0 spiro atoms. The molecule has 1 atom stereocenters. The van der Waals surface area contributed by atoms with E-state index in [2.05, 4.69) is 5.32 Å². The molecule has 4 aliphatic heterocycles. The van der Waals surface area contributed by atoms with Crippen molar-refractivity contribution >= 4 is 33.4 Å². The van der Waals surface area contributed by atoms with Gasteiger partial charge in [0.2, 0.25) is 21.8 Å². The minimum absolute atomic E-state index is 0.117. The van der Waals surface area contributed by atoms with Gasteiger partial charge in [-0.2, -0.15) is 4.31 Å². The molecule has 12 heteroatoms. The number of hydrogen-bond acceptors (Lipinski definition) is 7. The highest BCUT2D eigenvalue weighted by molar-refractivity contribution is 7.89. The van der Waals surface area contributed by atoms with E-state index in [0.29, 0.717) is 43.1 Å². The van der Waals surface area contributed by atoms with Crippen molar-refractivity contribution in [2.45, 2.75) is 36.7 Å². The van der Waals surface area contributed by atoms with E-state index in [1.807, 2.05) is 4.90 Å². The SMILES string of the molecule is O=C1CCC(N2Cc3c(cc(F)cc3N3CCN(S(=O)(=O)c4ccc5c(c4)CCO5)CC3)C2=O)C(=O)N1. The van der Waals surface area contributed by atoms with Gasteiger partial charge in [-0.1, -0.05) is 0 Å². The summed E-state index contributed by atoms with van der Waals surface area (Å²) in [7, 11) is -3.71. The van der Waals surface area contributed by atoms with Crippen molar-refractivity contribution in [1.29, 1.82) is 0 Å². The largest absolute Gasteiger partial charge is 0.493 e. The Morgan fingerprint density at radius 2 is 1.78 bits per heavy atom. The molecule has 37 heavy (non-hydrogen) atoms. The molecule has 4 heterocycles. The van der Waals surface area contributed by atoms with Gasteiger partial charge in [-0.25, -0.2) is 12.8 Å². The van der Waals surface area contributed by atoms with Crippen molar-refractivity contribution in [3.8, 4) is 5.75 Å². The number of fused-ring (bicyclic) bond motifs is 2. The average Bonchev–Trinajstić information content (AvgIpc) is 3.48. The molecule has 4 aliphatic rings. The fourth-order valence-electron chi connectivity index (χ4n) is 5.53. The third-order valence-electron chi connectivity index (χ3n) is 7.48. The first-order chi connectivity index (χ1) is 17.7. The third kappa shape index (κ3) is 4.04. The minimum atomic E-state index is -3.71. The number of imide groups is 1. The first kappa shape index (κ1) is 23.9. The molecule has 0 bridgehead atoms. The minimum Gasteiger partial charge on any atom is -0.493 e. The summed E-state index contributed by atoms with van der Waals surface area (Å²) in [6.45, 7) is 1.69. The molecule has 1 N–H and O–H groups in total. The number of ether oxygens (including phenoxy) is 1. The van der Waals surface area contributed by atoms with Crippen LogP contribution >= 0.6 is 0 Å². The lowest BCUT2D eigenvalue weighted by Gasteiger charge is -2.36. The molecule has 6 rings (SSSR count). The van der Waals surface area contributed by atoms with Crippen LogP contribution in [0.15, 0.2) is 35.2 Å². The molecule has 0 aliphatic carbocycles. The van der Waals surface area contributed by atoms with Crippen LogP contribution in [0.25, 0.3) is 0 Å². The average molecular weight is 529 g/mol. The van der Waals surface area contributed by atoms with Crippen LogP contribution < -0.4 is 15.0 Å². The first-order valence-electron chi connectivity index (χ1n) is 12.2. The Morgan fingerprint density at radius 3 is 2.54 bits per heavy atom. The van der Waals surface area contributed by atoms with E-state index < -0.39 is 33.7 Å². The second kappa shape index (κ2) is 8.80. The predicted molar refractivity (Wildman–Crippen MR) is 129 cm³/mol. The van der Waals surface area contributed by atoms with Gasteiger partial charge in [0.25, 0.3) is 5.91 Å². The maximum Gasteiger partial charge on any atom is 0.255 e. The van der Waals surface area contributed by atoms with E-state index >= 15 is 0 Å². The van der Waals surface area contributed by atoms with Crippen LogP contribution in [0.1, 0.15) is 34.3 Å². The van der Waals surface area contributed by atoms with Crippen LogP contribution in [0, 0.1) is 5.82 Å². The lowest BCUT2D eigenvalue weighted by atomic mass is 10.0. The number of piperidine rings is 1. The summed E-state index contributed by atoms with van der Waals surface area (Å²) in [4.78, 5) is 40.5. The molecule has 2 saturated heterocycles. The number of amides is 3. The summed E-state index contributed by atoms with van der Waals surface area (Å²) in [6, 6.07) is 6.63. The fraction of sp³-hybridized carbons (Fsp3) is 0.400. The molecule has 2 aromatic rings. The van der Waals surface area contributed by atoms with Gasteiger partial charge in [0.15, 0.2) is 0 Å². The van der Waals surface area contributed by atoms with Crippen molar-refractivity contribution in [3.05, 3.63) is 52.8 Å².